The van der Waals surface area contributed by atoms with E-state index in [0.717, 1.165) is 5.56 Å². The first-order valence-corrected chi connectivity index (χ1v) is 39.6. The standard InChI is InChI=1S/C30H38N4O7.C27H34N6O7.C27H33N5O8/c1-19-6-4-5-7-23(19)31-30(39)32-24-9-8-21(14-26(24)41-3)15-27(35)34-18-22(40-2)17-25(34)29(38)33-12-10-20(11-13-33)16-28(36)37;1-40-23-12-17(6-7-21(23)30-27(39)29-20-5-3-2-4-19(20)28)13-24(35)33-15-18(34)14-22(33)26(38)32-10-8-31(9-11-32)16-25(36)37;1-40-23-12-17(6-7-20(23)29-27(39)28-19-4-2-3-5-22(19)34)13-24(35)32-15-18(33)14-21(32)26(38)31-10-8-30(9-11-31)16-25(36)37/h4-9,14,20,22,25H,10-13,15-18H2,1-3H3,(H,36,37)(H2,31,32,39);2-7,12,18,22,34H,8-11,13-16,28H2,1H3,(H,36,37)(H2,29,30,39);2-7,12,18,21,33-34H,8-11,13-16H2,1H3,(H,36,37)(H2,28,29,39)/t22-,25+;18-,22+;18-,21+/m111/s1. The van der Waals surface area contributed by atoms with Gasteiger partial charge in [0.15, 0.2) is 0 Å². The van der Waals surface area contributed by atoms with Crippen LogP contribution in [0.4, 0.5) is 54.2 Å². The van der Waals surface area contributed by atoms with Crippen molar-refractivity contribution in [1.29, 1.82) is 0 Å². The first-order valence-electron chi connectivity index (χ1n) is 39.6. The van der Waals surface area contributed by atoms with Crippen molar-refractivity contribution in [2.45, 2.75) is 101 Å². The van der Waals surface area contributed by atoms with Gasteiger partial charge >= 0.3 is 36.0 Å². The highest BCUT2D eigenvalue weighted by Gasteiger charge is 2.45. The number of benzene rings is 6. The number of para-hydroxylation sites is 5. The van der Waals surface area contributed by atoms with E-state index >= 15 is 0 Å². The van der Waals surface area contributed by atoms with Crippen molar-refractivity contribution < 1.29 is 107 Å². The van der Waals surface area contributed by atoms with Crippen LogP contribution in [0.3, 0.4) is 0 Å². The SMILES string of the molecule is COc1cc(CC(=O)N2C[C@H](O)C[C@H]2C(=O)N2CCN(CC(=O)O)CC2)ccc1NC(=O)Nc1ccccc1N.COc1cc(CC(=O)N2C[C@H](O)C[C@H]2C(=O)N2CCN(CC(=O)O)CC2)ccc1NC(=O)Nc1ccccc1O.COc1cc(CC(=O)N2C[C@H](OC)C[C@H]2C(=O)N2CCC(CC(=O)O)CC2)ccc1NC(=O)Nc1ccccc1C. The van der Waals surface area contributed by atoms with Crippen molar-refractivity contribution in [3.8, 4) is 23.0 Å². The van der Waals surface area contributed by atoms with Gasteiger partial charge in [-0.05, 0) is 115 Å². The topological polar surface area (TPSA) is 487 Å². The Morgan fingerprint density at radius 1 is 0.413 bits per heavy atom. The van der Waals surface area contributed by atoms with Crippen molar-refractivity contribution in [3.05, 3.63) is 150 Å². The molecule has 6 aliphatic heterocycles. The fourth-order valence-corrected chi connectivity index (χ4v) is 15.4. The van der Waals surface area contributed by atoms with Crippen LogP contribution in [-0.2, 0) is 67.2 Å². The molecule has 121 heavy (non-hydrogen) atoms. The minimum absolute atomic E-state index is 0.0354. The smallest absolute Gasteiger partial charge is 0.323 e. The number of nitrogens with zero attached hydrogens (tertiary/aromatic N) is 8. The number of nitrogens with one attached hydrogen (secondary N) is 6. The number of carboxylic acids is 3. The average Bonchev–Trinajstić information content (AvgIpc) is 1.67. The van der Waals surface area contributed by atoms with Crippen molar-refractivity contribution >= 4 is 111 Å². The summed E-state index contributed by atoms with van der Waals surface area (Å²) in [4.78, 5) is 163. The van der Waals surface area contributed by atoms with Gasteiger partial charge in [-0.2, -0.15) is 0 Å². The number of aliphatic hydroxyl groups excluding tert-OH is 2. The number of carboxylic acid groups (broad SMARTS) is 3. The molecule has 6 atom stereocenters. The highest BCUT2D eigenvalue weighted by Crippen LogP contribution is 2.34. The monoisotopic (exact) mass is 1680 g/mol. The van der Waals surface area contributed by atoms with Crippen LogP contribution in [0.1, 0.15) is 60.8 Å². The molecule has 0 bridgehead atoms. The summed E-state index contributed by atoms with van der Waals surface area (Å²) >= 11 is 0. The maximum absolute atomic E-state index is 13.5. The van der Waals surface area contributed by atoms with E-state index in [1.807, 2.05) is 31.2 Å². The molecule has 14 N–H and O–H groups in total. The Balaban J connectivity index is 0.000000190. The lowest BCUT2D eigenvalue weighted by molar-refractivity contribution is -0.145. The molecule has 6 aromatic rings. The summed E-state index contributed by atoms with van der Waals surface area (Å²) in [6, 6.07) is 31.8. The normalized spacial score (nSPS) is 19.2. The van der Waals surface area contributed by atoms with E-state index in [1.54, 1.807) is 134 Å². The van der Waals surface area contributed by atoms with E-state index in [9.17, 15) is 72.9 Å². The molecule has 6 saturated heterocycles. The lowest BCUT2D eigenvalue weighted by Gasteiger charge is -2.36. The van der Waals surface area contributed by atoms with Gasteiger partial charge in [-0.25, -0.2) is 14.4 Å². The molecule has 6 aromatic carbocycles. The number of nitrogen functional groups attached to an aromatic ring is 1. The quantitative estimate of drug-likeness (QED) is 0.0266. The molecule has 0 aliphatic carbocycles. The maximum atomic E-state index is 13.5. The zero-order valence-electron chi connectivity index (χ0n) is 68.0. The molecule has 648 valence electrons. The van der Waals surface area contributed by atoms with Crippen LogP contribution >= 0.6 is 0 Å². The highest BCUT2D eigenvalue weighted by molar-refractivity contribution is 6.04. The number of nitrogens with two attached hydrogens (primary N) is 1. The fourth-order valence-electron chi connectivity index (χ4n) is 15.4. The summed E-state index contributed by atoms with van der Waals surface area (Å²) in [6.07, 6.45) is 0.152. The Hall–Kier alpha value is -12.8. The van der Waals surface area contributed by atoms with Crippen LogP contribution in [0.15, 0.2) is 127 Å². The summed E-state index contributed by atoms with van der Waals surface area (Å²) in [7, 11) is 5.93. The number of β-amino-alcohol motifs (C(OH)–C–C–N with tert-alkyl or cyclic N) is 2. The molecule has 0 spiro atoms. The molecule has 37 heteroatoms. The molecular weight excluding hydrogens is 1570 g/mol. The van der Waals surface area contributed by atoms with Gasteiger partial charge in [0.1, 0.15) is 41.1 Å². The molecule has 6 aliphatic rings. The minimum atomic E-state index is -0.924. The number of aromatic hydroxyl groups is 1. The van der Waals surface area contributed by atoms with E-state index in [0.29, 0.717) is 159 Å². The number of carbonyl (C=O) groups excluding carboxylic acids is 9. The number of likely N-dealkylation sites (tertiary alicyclic amines) is 4. The number of aryl methyl sites for hydroxylation is 1. The third-order valence-electron chi connectivity index (χ3n) is 21.8. The summed E-state index contributed by atoms with van der Waals surface area (Å²) in [5, 5.41) is 73.6. The zero-order valence-corrected chi connectivity index (χ0v) is 68.0. The number of piperazine rings is 2. The van der Waals surface area contributed by atoms with Crippen LogP contribution in [0.5, 0.6) is 23.0 Å². The molecular formula is C84H105N15O22. The highest BCUT2D eigenvalue weighted by atomic mass is 16.5. The van der Waals surface area contributed by atoms with Gasteiger partial charge in [-0.15, -0.1) is 0 Å². The first-order chi connectivity index (χ1) is 58.0. The van der Waals surface area contributed by atoms with Crippen LogP contribution in [0, 0.1) is 12.8 Å². The molecule has 0 unspecified atom stereocenters. The number of hydrogen-bond donors (Lipinski definition) is 13. The number of carbonyl (C=O) groups is 12. The second-order valence-corrected chi connectivity index (χ2v) is 30.2. The number of amides is 12. The molecule has 12 amide bonds. The third-order valence-corrected chi connectivity index (χ3v) is 21.8. The largest absolute Gasteiger partial charge is 0.506 e. The zero-order chi connectivity index (χ0) is 87.1. The first kappa shape index (κ1) is 90.5. The fraction of sp³-hybridized carbons (Fsp3) is 0.429. The Bertz CT molecular complexity index is 4530. The summed E-state index contributed by atoms with van der Waals surface area (Å²) in [5.74, 6) is -3.11. The number of anilines is 7. The van der Waals surface area contributed by atoms with E-state index in [4.69, 9.17) is 40.0 Å². The summed E-state index contributed by atoms with van der Waals surface area (Å²) in [5.41, 5.74) is 11.7. The number of piperidine rings is 1. The number of urea groups is 3. The number of methoxy groups -OCH3 is 4. The van der Waals surface area contributed by atoms with E-state index in [2.05, 4.69) is 31.9 Å². The molecule has 6 heterocycles. The number of hydrogen-bond acceptors (Lipinski definition) is 22. The second-order valence-electron chi connectivity index (χ2n) is 30.2. The number of ether oxygens (including phenoxy) is 4. The van der Waals surface area contributed by atoms with Gasteiger partial charge < -0.3 is 117 Å². The predicted molar refractivity (Wildman–Crippen MR) is 444 cm³/mol. The predicted octanol–water partition coefficient (Wildman–Crippen LogP) is 4.95. The van der Waals surface area contributed by atoms with Crippen LogP contribution in [0.2, 0.25) is 0 Å². The third kappa shape index (κ3) is 25.1. The lowest BCUT2D eigenvalue weighted by Crippen LogP contribution is -2.55. The van der Waals surface area contributed by atoms with Crippen molar-refractivity contribution in [2.24, 2.45) is 5.92 Å². The van der Waals surface area contributed by atoms with Gasteiger partial charge in [0.25, 0.3) is 0 Å². The Morgan fingerprint density at radius 3 is 1.16 bits per heavy atom. The number of rotatable bonds is 25. The second kappa shape index (κ2) is 42.7. The summed E-state index contributed by atoms with van der Waals surface area (Å²) in [6.45, 7) is 6.22. The number of aliphatic hydroxyl groups is 2. The Labute approximate surface area is 698 Å². The molecule has 6 fully saturated rings. The minimum Gasteiger partial charge on any atom is -0.506 e. The van der Waals surface area contributed by atoms with Gasteiger partial charge in [0.05, 0.1) is 106 Å². The van der Waals surface area contributed by atoms with Gasteiger partial charge in [-0.3, -0.25) is 53.0 Å². The molecule has 37 nitrogen and oxygen atoms in total. The van der Waals surface area contributed by atoms with E-state index < -0.39 is 66.3 Å². The van der Waals surface area contributed by atoms with Crippen LogP contribution in [0.25, 0.3) is 0 Å². The van der Waals surface area contributed by atoms with Crippen LogP contribution in [-0.4, -0.2) is 304 Å². The molecule has 0 aromatic heterocycles. The maximum Gasteiger partial charge on any atom is 0.323 e. The van der Waals surface area contributed by atoms with Gasteiger partial charge in [-0.1, -0.05) is 60.7 Å². The van der Waals surface area contributed by atoms with Crippen molar-refractivity contribution in [2.75, 3.05) is 164 Å². The average molecular weight is 1680 g/mol. The molecule has 0 radical (unpaired) electrons. The molecule has 0 saturated carbocycles. The van der Waals surface area contributed by atoms with E-state index in [-0.39, 0.29) is 124 Å². The van der Waals surface area contributed by atoms with Gasteiger partial charge in [0.2, 0.25) is 35.4 Å². The van der Waals surface area contributed by atoms with E-state index in [1.165, 1.54) is 37.2 Å². The van der Waals surface area contributed by atoms with Crippen molar-refractivity contribution in [3.63, 3.8) is 0 Å². The number of aliphatic carboxylic acids is 3. The summed E-state index contributed by atoms with van der Waals surface area (Å²) < 4.78 is 21.8. The molecule has 12 rings (SSSR count). The Morgan fingerprint density at radius 2 is 0.769 bits per heavy atom. The Kier molecular flexibility index (Phi) is 31.9. The van der Waals surface area contributed by atoms with Gasteiger partial charge in [0, 0.05) is 124 Å². The number of phenolic OH excluding ortho intramolecular Hbond substituents is 1. The number of phenols is 1. The van der Waals surface area contributed by atoms with Crippen molar-refractivity contribution in [1.82, 2.24) is 39.2 Å². The lowest BCUT2D eigenvalue weighted by atomic mass is 9.93. The van der Waals surface area contributed by atoms with Crippen LogP contribution < -0.4 is 51.8 Å².